The number of carbonyl (C=O) groups is 2. The van der Waals surface area contributed by atoms with E-state index < -0.39 is 5.97 Å². The molecule has 3 aromatic rings. The summed E-state index contributed by atoms with van der Waals surface area (Å²) in [5, 5.41) is 13.8. The number of benzene rings is 2. The second-order valence-corrected chi connectivity index (χ2v) is 11.3. The number of carboxylic acids is 1. The van der Waals surface area contributed by atoms with Gasteiger partial charge >= 0.3 is 5.97 Å². The Morgan fingerprint density at radius 3 is 2.32 bits per heavy atom. The summed E-state index contributed by atoms with van der Waals surface area (Å²) in [4.78, 5) is 28.9. The third-order valence-corrected chi connectivity index (χ3v) is 6.94. The molecule has 0 aliphatic rings. The van der Waals surface area contributed by atoms with Gasteiger partial charge in [-0.05, 0) is 65.5 Å². The molecule has 1 amide bonds. The minimum Gasteiger partial charge on any atom is -0.481 e. The van der Waals surface area contributed by atoms with E-state index in [0.29, 0.717) is 5.69 Å². The Labute approximate surface area is 226 Å². The lowest BCUT2D eigenvalue weighted by Gasteiger charge is -2.20. The van der Waals surface area contributed by atoms with Gasteiger partial charge in [0.15, 0.2) is 0 Å². The van der Waals surface area contributed by atoms with Crippen LogP contribution < -0.4 is 10.1 Å². The molecule has 0 spiro atoms. The molecule has 0 radical (unpaired) electrons. The van der Waals surface area contributed by atoms with Crippen LogP contribution in [-0.4, -0.2) is 28.5 Å². The Hall–Kier alpha value is -3.41. The first-order valence-electron chi connectivity index (χ1n) is 13.7. The van der Waals surface area contributed by atoms with Crippen molar-refractivity contribution >= 4 is 22.6 Å². The normalized spacial score (nSPS) is 13.2. The monoisotopic (exact) mass is 518 g/mol. The molecule has 204 valence electrons. The molecule has 1 aromatic heterocycles. The molecule has 38 heavy (non-hydrogen) atoms. The number of carboxylic acid groups (broad SMARTS) is 1. The summed E-state index contributed by atoms with van der Waals surface area (Å²) in [5.41, 5.74) is 2.60. The van der Waals surface area contributed by atoms with Crippen LogP contribution in [0.15, 0.2) is 48.5 Å². The fourth-order valence-electron chi connectivity index (χ4n) is 4.62. The van der Waals surface area contributed by atoms with Crippen LogP contribution in [0.2, 0.25) is 0 Å². The van der Waals surface area contributed by atoms with Crippen LogP contribution in [0, 0.1) is 5.92 Å². The van der Waals surface area contributed by atoms with Crippen LogP contribution in [-0.2, 0) is 10.2 Å². The van der Waals surface area contributed by atoms with Gasteiger partial charge in [-0.15, -0.1) is 0 Å². The predicted octanol–water partition coefficient (Wildman–Crippen LogP) is 7.85. The van der Waals surface area contributed by atoms with Crippen molar-refractivity contribution in [1.29, 1.82) is 0 Å². The molecule has 0 bridgehead atoms. The van der Waals surface area contributed by atoms with Gasteiger partial charge in [0.05, 0.1) is 5.69 Å². The maximum atomic E-state index is 13.0. The van der Waals surface area contributed by atoms with Crippen molar-refractivity contribution in [3.63, 3.8) is 0 Å². The van der Waals surface area contributed by atoms with Gasteiger partial charge in [-0.2, -0.15) is 0 Å². The zero-order valence-electron chi connectivity index (χ0n) is 23.6. The number of hydrogen-bond donors (Lipinski definition) is 2. The Morgan fingerprint density at radius 2 is 1.71 bits per heavy atom. The molecule has 2 atom stereocenters. The highest BCUT2D eigenvalue weighted by atomic mass is 16.5. The lowest BCUT2D eigenvalue weighted by atomic mass is 9.87. The van der Waals surface area contributed by atoms with E-state index >= 15 is 0 Å². The number of fused-ring (bicyclic) bond motifs is 1. The second kappa shape index (κ2) is 12.9. The number of nitrogens with one attached hydrogen (secondary N) is 1. The zero-order chi connectivity index (χ0) is 27.9. The third kappa shape index (κ3) is 7.80. The van der Waals surface area contributed by atoms with Gasteiger partial charge in [0.1, 0.15) is 17.2 Å². The van der Waals surface area contributed by atoms with Gasteiger partial charge in [0, 0.05) is 24.3 Å². The van der Waals surface area contributed by atoms with E-state index in [1.54, 1.807) is 0 Å². The highest BCUT2D eigenvalue weighted by molar-refractivity contribution is 5.97. The molecule has 2 unspecified atom stereocenters. The number of unbranched alkanes of at least 4 members (excludes halogenated alkanes) is 1. The van der Waals surface area contributed by atoms with Crippen molar-refractivity contribution < 1.29 is 19.4 Å². The van der Waals surface area contributed by atoms with Crippen LogP contribution in [0.4, 0.5) is 0 Å². The Bertz CT molecular complexity index is 1240. The largest absolute Gasteiger partial charge is 0.481 e. The number of rotatable bonds is 12. The van der Waals surface area contributed by atoms with E-state index in [1.807, 2.05) is 43.3 Å². The number of aromatic nitrogens is 1. The summed E-state index contributed by atoms with van der Waals surface area (Å²) in [6, 6.07) is 15.9. The molecule has 0 aliphatic carbocycles. The number of amides is 1. The first-order valence-corrected chi connectivity index (χ1v) is 13.7. The van der Waals surface area contributed by atoms with Gasteiger partial charge in [-0.25, -0.2) is 4.98 Å². The number of carbonyl (C=O) groups excluding carboxylic acids is 1. The van der Waals surface area contributed by atoms with Gasteiger partial charge in [0.2, 0.25) is 0 Å². The fourth-order valence-corrected chi connectivity index (χ4v) is 4.62. The summed E-state index contributed by atoms with van der Waals surface area (Å²) in [6.07, 6.45) is 4.10. The van der Waals surface area contributed by atoms with Crippen LogP contribution in [0.3, 0.4) is 0 Å². The highest BCUT2D eigenvalue weighted by Crippen LogP contribution is 2.34. The van der Waals surface area contributed by atoms with Crippen molar-refractivity contribution in [1.82, 2.24) is 10.3 Å². The highest BCUT2D eigenvalue weighted by Gasteiger charge is 2.20. The predicted molar refractivity (Wildman–Crippen MR) is 153 cm³/mol. The SMILES string of the molecule is CCCCC(CC)c1nc(C(=O)NCC(C)CC(=O)O)cc2ccc(Oc3ccc(C(C)(C)C)cc3)cc12. The van der Waals surface area contributed by atoms with Crippen molar-refractivity contribution in [3.8, 4) is 11.5 Å². The van der Waals surface area contributed by atoms with Crippen LogP contribution in [0.1, 0.15) is 101 Å². The standard InChI is InChI=1S/C32H42N2O4/c1-7-9-10-22(8-2)30-27-19-26(38-25-15-12-24(13-16-25)32(4,5)6)14-11-23(27)18-28(34-30)31(37)33-20-21(3)17-29(35)36/h11-16,18-19,21-22H,7-10,17,20H2,1-6H3,(H,33,37)(H,35,36). The molecule has 0 saturated heterocycles. The summed E-state index contributed by atoms with van der Waals surface area (Å²) < 4.78 is 6.22. The molecule has 0 saturated carbocycles. The number of nitrogens with zero attached hydrogens (tertiary/aromatic N) is 1. The quantitative estimate of drug-likeness (QED) is 0.255. The number of pyridine rings is 1. The molecule has 1 heterocycles. The van der Waals surface area contributed by atoms with E-state index in [0.717, 1.165) is 53.6 Å². The minimum atomic E-state index is -0.872. The Balaban J connectivity index is 1.94. The molecule has 0 aliphatic heterocycles. The molecule has 2 N–H and O–H groups in total. The summed E-state index contributed by atoms with van der Waals surface area (Å²) in [7, 11) is 0. The van der Waals surface area contributed by atoms with Crippen LogP contribution in [0.5, 0.6) is 11.5 Å². The zero-order valence-corrected chi connectivity index (χ0v) is 23.6. The van der Waals surface area contributed by atoms with Crippen molar-refractivity contribution in [2.75, 3.05) is 6.54 Å². The average Bonchev–Trinajstić information content (AvgIpc) is 2.87. The summed E-state index contributed by atoms with van der Waals surface area (Å²) in [6.45, 7) is 13.0. The van der Waals surface area contributed by atoms with Crippen molar-refractivity contribution in [2.24, 2.45) is 5.92 Å². The smallest absolute Gasteiger partial charge is 0.303 e. The van der Waals surface area contributed by atoms with Gasteiger partial charge in [0.25, 0.3) is 5.91 Å². The number of ether oxygens (including phenoxy) is 1. The van der Waals surface area contributed by atoms with Gasteiger partial charge in [-0.3, -0.25) is 9.59 Å². The molecular weight excluding hydrogens is 476 g/mol. The lowest BCUT2D eigenvalue weighted by Crippen LogP contribution is -2.30. The van der Waals surface area contributed by atoms with Crippen molar-refractivity contribution in [3.05, 3.63) is 65.5 Å². The van der Waals surface area contributed by atoms with E-state index in [4.69, 9.17) is 14.8 Å². The summed E-state index contributed by atoms with van der Waals surface area (Å²) in [5.74, 6) is 0.405. The number of aliphatic carboxylic acids is 1. The van der Waals surface area contributed by atoms with Crippen LogP contribution in [0.25, 0.3) is 10.8 Å². The molecule has 3 rings (SSSR count). The molecule has 6 nitrogen and oxygen atoms in total. The fraction of sp³-hybridized carbons (Fsp3) is 0.469. The molecule has 6 heteroatoms. The summed E-state index contributed by atoms with van der Waals surface area (Å²) >= 11 is 0. The lowest BCUT2D eigenvalue weighted by molar-refractivity contribution is -0.137. The molecule has 2 aromatic carbocycles. The first kappa shape index (κ1) is 29.2. The van der Waals surface area contributed by atoms with E-state index in [1.165, 1.54) is 5.56 Å². The van der Waals surface area contributed by atoms with Crippen molar-refractivity contribution in [2.45, 2.75) is 85.0 Å². The second-order valence-electron chi connectivity index (χ2n) is 11.3. The van der Waals surface area contributed by atoms with Gasteiger partial charge < -0.3 is 15.2 Å². The van der Waals surface area contributed by atoms with Crippen LogP contribution >= 0.6 is 0 Å². The molecule has 0 fully saturated rings. The minimum absolute atomic E-state index is 0.00726. The number of hydrogen-bond acceptors (Lipinski definition) is 4. The molecular formula is C32H42N2O4. The Morgan fingerprint density at radius 1 is 1.03 bits per heavy atom. The van der Waals surface area contributed by atoms with E-state index in [2.05, 4.69) is 52.1 Å². The van der Waals surface area contributed by atoms with Gasteiger partial charge in [-0.1, -0.05) is 72.6 Å². The van der Waals surface area contributed by atoms with E-state index in [-0.39, 0.29) is 36.1 Å². The maximum Gasteiger partial charge on any atom is 0.303 e. The van der Waals surface area contributed by atoms with E-state index in [9.17, 15) is 9.59 Å². The Kier molecular flexibility index (Phi) is 9.90. The average molecular weight is 519 g/mol. The topological polar surface area (TPSA) is 88.5 Å². The first-order chi connectivity index (χ1) is 18.0. The third-order valence-electron chi connectivity index (χ3n) is 6.94. The maximum absolute atomic E-state index is 13.0.